The first-order valence-corrected chi connectivity index (χ1v) is 14.9. The number of phenolic OH excluding ortho intramolecular Hbond substituents is 1. The van der Waals surface area contributed by atoms with Gasteiger partial charge in [-0.1, -0.05) is 39.8 Å². The molecule has 0 radical (unpaired) electrons. The van der Waals surface area contributed by atoms with Crippen LogP contribution in [0.1, 0.15) is 63.6 Å². The molecule has 5 nitrogen and oxygen atoms in total. The Bertz CT molecular complexity index is 683. The maximum absolute atomic E-state index is 12.1. The first-order valence-electron chi connectivity index (χ1n) is 11.2. The second kappa shape index (κ2) is 13.5. The van der Waals surface area contributed by atoms with Gasteiger partial charge < -0.3 is 18.7 Å². The molecule has 1 rings (SSSR count). The van der Waals surface area contributed by atoms with Gasteiger partial charge in [0, 0.05) is 20.6 Å². The molecule has 0 aliphatic carbocycles. The molecule has 0 heterocycles. The summed E-state index contributed by atoms with van der Waals surface area (Å²) in [5, 5.41) is 10.5. The smallest absolute Gasteiger partial charge is 0.334 e. The second-order valence-electron chi connectivity index (χ2n) is 9.09. The summed E-state index contributed by atoms with van der Waals surface area (Å²) < 4.78 is 16.4. The third-order valence-corrected chi connectivity index (χ3v) is 9.68. The number of thioether (sulfide) groups is 1. The number of rotatable bonds is 14. The molecule has 0 unspecified atom stereocenters. The first kappa shape index (κ1) is 28.0. The van der Waals surface area contributed by atoms with Crippen molar-refractivity contribution in [3.63, 3.8) is 0 Å². The number of hydrogen-bond acceptors (Lipinski definition) is 6. The molecule has 0 spiro atoms. The molecular formula is C24H42O5SSi. The van der Waals surface area contributed by atoms with E-state index < -0.39 is 8.56 Å². The van der Waals surface area contributed by atoms with Gasteiger partial charge in [-0.25, -0.2) is 0 Å². The van der Waals surface area contributed by atoms with Crippen LogP contribution in [0.15, 0.2) is 12.1 Å². The van der Waals surface area contributed by atoms with Crippen molar-refractivity contribution in [2.45, 2.75) is 77.8 Å². The van der Waals surface area contributed by atoms with Gasteiger partial charge in [-0.2, -0.15) is 11.8 Å². The summed E-state index contributed by atoms with van der Waals surface area (Å²) in [7, 11) is 1.51. The van der Waals surface area contributed by atoms with Crippen molar-refractivity contribution in [3.05, 3.63) is 28.8 Å². The minimum absolute atomic E-state index is 0.143. The lowest BCUT2D eigenvalue weighted by molar-refractivity contribution is -0.143. The number of hydrogen-bond donors (Lipinski definition) is 1. The number of aryl methyl sites for hydroxylation is 2. The van der Waals surface area contributed by atoms with Crippen LogP contribution in [0.3, 0.4) is 0 Å². The first-order chi connectivity index (χ1) is 14.6. The van der Waals surface area contributed by atoms with Gasteiger partial charge in [0.25, 0.3) is 0 Å². The summed E-state index contributed by atoms with van der Waals surface area (Å²) in [4.78, 5) is 12.1. The van der Waals surface area contributed by atoms with Crippen molar-refractivity contribution in [2.24, 2.45) is 0 Å². The largest absolute Gasteiger partial charge is 0.507 e. The molecule has 1 aromatic rings. The van der Waals surface area contributed by atoms with Crippen molar-refractivity contribution in [1.82, 2.24) is 0 Å². The summed E-state index contributed by atoms with van der Waals surface area (Å²) >= 11 is 1.88. The zero-order valence-electron chi connectivity index (χ0n) is 20.5. The lowest BCUT2D eigenvalue weighted by atomic mass is 9.83. The quantitative estimate of drug-likeness (QED) is 0.217. The highest BCUT2D eigenvalue weighted by atomic mass is 32.2. The van der Waals surface area contributed by atoms with E-state index in [1.165, 1.54) is 0 Å². The lowest BCUT2D eigenvalue weighted by Gasteiger charge is -2.23. The van der Waals surface area contributed by atoms with E-state index in [4.69, 9.17) is 13.6 Å². The Hall–Kier alpha value is -1.02. The number of ether oxygens (including phenoxy) is 1. The lowest BCUT2D eigenvalue weighted by Crippen LogP contribution is -2.35. The molecule has 0 atom stereocenters. The molecule has 1 aromatic carbocycles. The second-order valence-corrected chi connectivity index (χ2v) is 13.9. The Morgan fingerprint density at radius 1 is 1.13 bits per heavy atom. The molecular weight excluding hydrogens is 428 g/mol. The van der Waals surface area contributed by atoms with E-state index in [0.29, 0.717) is 25.2 Å². The van der Waals surface area contributed by atoms with Gasteiger partial charge in [-0.15, -0.1) is 0 Å². The Morgan fingerprint density at radius 3 is 2.35 bits per heavy atom. The van der Waals surface area contributed by atoms with Gasteiger partial charge in [0.2, 0.25) is 0 Å². The highest BCUT2D eigenvalue weighted by molar-refractivity contribution is 7.99. The van der Waals surface area contributed by atoms with Crippen LogP contribution in [0.4, 0.5) is 0 Å². The number of esters is 1. The topological polar surface area (TPSA) is 65.0 Å². The van der Waals surface area contributed by atoms with Gasteiger partial charge in [0.1, 0.15) is 5.75 Å². The maximum atomic E-state index is 12.1. The molecule has 0 aliphatic heterocycles. The van der Waals surface area contributed by atoms with Crippen LogP contribution in [0.25, 0.3) is 0 Å². The van der Waals surface area contributed by atoms with E-state index in [9.17, 15) is 9.90 Å². The zero-order chi connectivity index (χ0) is 23.5. The van der Waals surface area contributed by atoms with Crippen LogP contribution < -0.4 is 0 Å². The molecule has 0 bridgehead atoms. The maximum Gasteiger partial charge on any atom is 0.334 e. The van der Waals surface area contributed by atoms with Crippen molar-refractivity contribution < 1.29 is 23.5 Å². The van der Waals surface area contributed by atoms with Crippen LogP contribution in [-0.2, 0) is 36.6 Å². The Morgan fingerprint density at radius 2 is 1.77 bits per heavy atom. The van der Waals surface area contributed by atoms with Crippen molar-refractivity contribution in [1.29, 1.82) is 0 Å². The molecule has 0 aromatic heterocycles. The van der Waals surface area contributed by atoms with Gasteiger partial charge in [-0.3, -0.25) is 4.79 Å². The van der Waals surface area contributed by atoms with E-state index >= 15 is 0 Å². The number of aromatic hydroxyl groups is 1. The molecule has 0 fully saturated rings. The predicted octanol–water partition coefficient (Wildman–Crippen LogP) is 5.61. The van der Waals surface area contributed by atoms with E-state index in [1.807, 2.05) is 30.8 Å². The fourth-order valence-electron chi connectivity index (χ4n) is 3.30. The van der Waals surface area contributed by atoms with E-state index in [1.54, 1.807) is 14.2 Å². The SMILES string of the molecule is CCc1cc(CCC(=O)OCCCSCCC[Si](C)(OC)OC)cc(C(C)(C)C)c1O. The predicted molar refractivity (Wildman–Crippen MR) is 132 cm³/mol. The summed E-state index contributed by atoms with van der Waals surface area (Å²) in [6.45, 7) is 10.9. The van der Waals surface area contributed by atoms with Gasteiger partial charge >= 0.3 is 14.5 Å². The fourth-order valence-corrected chi connectivity index (χ4v) is 5.82. The van der Waals surface area contributed by atoms with E-state index in [2.05, 4.69) is 27.3 Å². The van der Waals surface area contributed by atoms with Crippen LogP contribution in [0.2, 0.25) is 12.6 Å². The zero-order valence-corrected chi connectivity index (χ0v) is 22.3. The van der Waals surface area contributed by atoms with Crippen LogP contribution in [0, 0.1) is 0 Å². The van der Waals surface area contributed by atoms with Crippen LogP contribution >= 0.6 is 11.8 Å². The molecule has 0 saturated carbocycles. The molecule has 0 amide bonds. The summed E-state index contributed by atoms with van der Waals surface area (Å²) in [6.07, 6.45) is 3.71. The van der Waals surface area contributed by atoms with Gasteiger partial charge in [-0.05, 0) is 71.9 Å². The molecule has 0 saturated heterocycles. The minimum Gasteiger partial charge on any atom is -0.507 e. The third-order valence-electron chi connectivity index (χ3n) is 5.53. The highest BCUT2D eigenvalue weighted by Crippen LogP contribution is 2.35. The third kappa shape index (κ3) is 9.98. The van der Waals surface area contributed by atoms with Crippen LogP contribution in [0.5, 0.6) is 5.75 Å². The number of carbonyl (C=O) groups is 1. The van der Waals surface area contributed by atoms with Crippen LogP contribution in [-0.4, -0.2) is 52.0 Å². The number of phenols is 1. The average molecular weight is 471 g/mol. The number of carbonyl (C=O) groups excluding carboxylic acids is 1. The molecule has 31 heavy (non-hydrogen) atoms. The van der Waals surface area contributed by atoms with Crippen molar-refractivity contribution in [3.8, 4) is 5.75 Å². The Kier molecular flexibility index (Phi) is 12.2. The van der Waals surface area contributed by atoms with Crippen molar-refractivity contribution in [2.75, 3.05) is 32.3 Å². The van der Waals surface area contributed by atoms with Gasteiger partial charge in [0.15, 0.2) is 0 Å². The van der Waals surface area contributed by atoms with E-state index in [-0.39, 0.29) is 11.4 Å². The normalized spacial score (nSPS) is 12.2. The average Bonchev–Trinajstić information content (AvgIpc) is 2.73. The molecule has 0 aliphatic rings. The highest BCUT2D eigenvalue weighted by Gasteiger charge is 2.27. The number of benzene rings is 1. The Labute approximate surface area is 194 Å². The Balaban J connectivity index is 2.31. The molecule has 1 N–H and O–H groups in total. The fraction of sp³-hybridized carbons (Fsp3) is 0.708. The minimum atomic E-state index is -1.95. The van der Waals surface area contributed by atoms with Crippen molar-refractivity contribution >= 4 is 26.3 Å². The summed E-state index contributed by atoms with van der Waals surface area (Å²) in [5.41, 5.74) is 2.81. The van der Waals surface area contributed by atoms with Gasteiger partial charge in [0.05, 0.1) is 6.61 Å². The summed E-state index contributed by atoms with van der Waals surface area (Å²) in [5.74, 6) is 2.28. The summed E-state index contributed by atoms with van der Waals surface area (Å²) in [6, 6.07) is 5.03. The van der Waals surface area contributed by atoms with E-state index in [0.717, 1.165) is 53.5 Å². The standard InChI is InChI=1S/C24H42O5SSi/c1-8-20-17-19(18-21(23(20)26)24(2,3)4)11-12-22(25)29-13-9-14-30-15-10-16-31(7,27-5)28-6/h17-18,26H,8-16H2,1-7H3. The molecule has 7 heteroatoms. The monoisotopic (exact) mass is 470 g/mol. The molecule has 178 valence electrons.